The molecule has 0 aromatic carbocycles. The maximum atomic E-state index is 3.50. The van der Waals surface area contributed by atoms with Crippen molar-refractivity contribution < 1.29 is 0 Å². The van der Waals surface area contributed by atoms with E-state index in [-0.39, 0.29) is 0 Å². The Morgan fingerprint density at radius 3 is 2.62 bits per heavy atom. The summed E-state index contributed by atoms with van der Waals surface area (Å²) in [5, 5.41) is 3.50. The number of fused-ring (bicyclic) bond motifs is 2. The molecule has 2 atom stereocenters. The molecule has 2 aliphatic rings. The zero-order valence-electron chi connectivity index (χ0n) is 5.41. The minimum Gasteiger partial charge on any atom is -0.313 e. The molecule has 1 saturated carbocycles. The topological polar surface area (TPSA) is 12.0 Å². The van der Waals surface area contributed by atoms with E-state index in [0.29, 0.717) is 5.41 Å². The summed E-state index contributed by atoms with van der Waals surface area (Å²) in [7, 11) is 0. The summed E-state index contributed by atoms with van der Waals surface area (Å²) < 4.78 is 0. The molecule has 1 unspecified atom stereocenters. The maximum Gasteiger partial charge on any atom is 0.00731 e. The average Bonchev–Trinajstić information content (AvgIpc) is 2.21. The highest BCUT2D eigenvalue weighted by molar-refractivity contribution is 4.97. The molecule has 1 heterocycles. The molecule has 0 spiro atoms. The molecule has 8 heavy (non-hydrogen) atoms. The van der Waals surface area contributed by atoms with Crippen LogP contribution in [0, 0.1) is 5.41 Å². The third-order valence-corrected chi connectivity index (χ3v) is 2.65. The highest BCUT2D eigenvalue weighted by Crippen LogP contribution is 2.41. The van der Waals surface area contributed by atoms with Crippen molar-refractivity contribution in [1.29, 1.82) is 0 Å². The summed E-state index contributed by atoms with van der Waals surface area (Å²) in [6.45, 7) is 3.67. The van der Waals surface area contributed by atoms with Gasteiger partial charge in [-0.15, -0.1) is 0 Å². The van der Waals surface area contributed by atoms with Crippen LogP contribution in [0.4, 0.5) is 0 Å². The molecule has 2 fully saturated rings. The molecule has 2 bridgehead atoms. The zero-order chi connectivity index (χ0) is 5.61. The molecule has 1 aliphatic carbocycles. The minimum absolute atomic E-state index is 0.699. The first-order valence-electron chi connectivity index (χ1n) is 3.52. The van der Waals surface area contributed by atoms with Gasteiger partial charge in [-0.1, -0.05) is 6.92 Å². The number of piperidine rings is 1. The summed E-state index contributed by atoms with van der Waals surface area (Å²) in [5.74, 6) is 0. The van der Waals surface area contributed by atoms with Crippen LogP contribution in [-0.4, -0.2) is 12.6 Å². The van der Waals surface area contributed by atoms with E-state index in [0.717, 1.165) is 6.04 Å². The smallest absolute Gasteiger partial charge is 0.00731 e. The van der Waals surface area contributed by atoms with Crippen LogP contribution in [0.5, 0.6) is 0 Å². The molecule has 0 radical (unpaired) electrons. The van der Waals surface area contributed by atoms with Gasteiger partial charge >= 0.3 is 0 Å². The quantitative estimate of drug-likeness (QED) is 0.494. The first-order valence-corrected chi connectivity index (χ1v) is 3.52. The summed E-state index contributed by atoms with van der Waals surface area (Å²) in [5.41, 5.74) is 0.699. The van der Waals surface area contributed by atoms with Crippen LogP contribution >= 0.6 is 0 Å². The zero-order valence-corrected chi connectivity index (χ0v) is 5.41. The summed E-state index contributed by atoms with van der Waals surface area (Å²) in [6, 6.07) is 0.889. The van der Waals surface area contributed by atoms with Crippen molar-refractivity contribution >= 4 is 0 Å². The van der Waals surface area contributed by atoms with Crippen molar-refractivity contribution in [3.63, 3.8) is 0 Å². The van der Waals surface area contributed by atoms with Crippen LogP contribution in [0.3, 0.4) is 0 Å². The van der Waals surface area contributed by atoms with Gasteiger partial charge < -0.3 is 5.32 Å². The Morgan fingerprint density at radius 1 is 1.62 bits per heavy atom. The molecule has 1 nitrogen and oxygen atoms in total. The monoisotopic (exact) mass is 111 g/mol. The van der Waals surface area contributed by atoms with Crippen LogP contribution in [0.2, 0.25) is 0 Å². The third kappa shape index (κ3) is 0.510. The van der Waals surface area contributed by atoms with Gasteiger partial charge in [0, 0.05) is 12.6 Å². The number of rotatable bonds is 0. The molecule has 1 saturated heterocycles. The summed E-state index contributed by atoms with van der Waals surface area (Å²) >= 11 is 0. The van der Waals surface area contributed by atoms with E-state index in [1.807, 2.05) is 0 Å². The summed E-state index contributed by atoms with van der Waals surface area (Å²) in [6.07, 6.45) is 4.33. The minimum atomic E-state index is 0.699. The van der Waals surface area contributed by atoms with Crippen molar-refractivity contribution in [3.05, 3.63) is 0 Å². The molecule has 1 N–H and O–H groups in total. The molecule has 2 rings (SSSR count). The van der Waals surface area contributed by atoms with Gasteiger partial charge in [-0.05, 0) is 24.7 Å². The van der Waals surface area contributed by atoms with Crippen molar-refractivity contribution in [2.75, 3.05) is 6.54 Å². The molecular formula is C7H13N. The normalized spacial score (nSPS) is 52.9. The van der Waals surface area contributed by atoms with E-state index in [1.54, 1.807) is 0 Å². The fourth-order valence-corrected chi connectivity index (χ4v) is 2.05. The Hall–Kier alpha value is -0.0400. The van der Waals surface area contributed by atoms with E-state index in [4.69, 9.17) is 0 Å². The van der Waals surface area contributed by atoms with Gasteiger partial charge in [0.05, 0.1) is 0 Å². The molecule has 1 heteroatoms. The molecule has 0 aromatic heterocycles. The second-order valence-electron chi connectivity index (χ2n) is 3.63. The first-order chi connectivity index (χ1) is 3.79. The largest absolute Gasteiger partial charge is 0.313 e. The van der Waals surface area contributed by atoms with Crippen LogP contribution < -0.4 is 5.32 Å². The first kappa shape index (κ1) is 4.80. The van der Waals surface area contributed by atoms with Crippen LogP contribution in [0.1, 0.15) is 26.2 Å². The lowest BCUT2D eigenvalue weighted by atomic mass is 9.91. The van der Waals surface area contributed by atoms with Gasteiger partial charge in [0.2, 0.25) is 0 Å². The lowest BCUT2D eigenvalue weighted by molar-refractivity contribution is 0.353. The maximum absolute atomic E-state index is 3.50. The molecule has 1 aliphatic heterocycles. The standard InChI is InChI=1S/C7H13N/c1-7-3-2-6(4-7)8-5-7/h6,8H,2-5H2,1H3/t6?,7-/m1/s1. The second-order valence-corrected chi connectivity index (χ2v) is 3.63. The molecule has 0 aromatic rings. The molecular weight excluding hydrogens is 98.1 g/mol. The van der Waals surface area contributed by atoms with Gasteiger partial charge in [0.15, 0.2) is 0 Å². The summed E-state index contributed by atoms with van der Waals surface area (Å²) in [4.78, 5) is 0. The van der Waals surface area contributed by atoms with Crippen molar-refractivity contribution in [2.24, 2.45) is 5.41 Å². The van der Waals surface area contributed by atoms with Gasteiger partial charge in [-0.3, -0.25) is 0 Å². The van der Waals surface area contributed by atoms with Crippen molar-refractivity contribution in [1.82, 2.24) is 5.32 Å². The van der Waals surface area contributed by atoms with Crippen LogP contribution in [-0.2, 0) is 0 Å². The van der Waals surface area contributed by atoms with Crippen molar-refractivity contribution in [2.45, 2.75) is 32.2 Å². The van der Waals surface area contributed by atoms with Gasteiger partial charge in [-0.25, -0.2) is 0 Å². The van der Waals surface area contributed by atoms with E-state index < -0.39 is 0 Å². The van der Waals surface area contributed by atoms with Crippen molar-refractivity contribution in [3.8, 4) is 0 Å². The van der Waals surface area contributed by atoms with E-state index in [9.17, 15) is 0 Å². The van der Waals surface area contributed by atoms with E-state index in [2.05, 4.69) is 12.2 Å². The van der Waals surface area contributed by atoms with Gasteiger partial charge in [0.25, 0.3) is 0 Å². The second kappa shape index (κ2) is 1.27. The fourth-order valence-electron chi connectivity index (χ4n) is 2.05. The highest BCUT2D eigenvalue weighted by Gasteiger charge is 2.40. The fraction of sp³-hybridized carbons (Fsp3) is 1.00. The molecule has 46 valence electrons. The Balaban J connectivity index is 2.19. The lowest BCUT2D eigenvalue weighted by Crippen LogP contribution is -2.27. The SMILES string of the molecule is C[C@@]12CCC(C1)NC2. The Morgan fingerprint density at radius 2 is 2.50 bits per heavy atom. The average molecular weight is 111 g/mol. The van der Waals surface area contributed by atoms with E-state index >= 15 is 0 Å². The number of nitrogens with one attached hydrogen (secondary N) is 1. The Bertz CT molecular complexity index is 101. The predicted molar refractivity (Wildman–Crippen MR) is 33.7 cm³/mol. The van der Waals surface area contributed by atoms with Gasteiger partial charge in [-0.2, -0.15) is 0 Å². The Labute approximate surface area is 50.5 Å². The van der Waals surface area contributed by atoms with Crippen LogP contribution in [0.15, 0.2) is 0 Å². The van der Waals surface area contributed by atoms with E-state index in [1.165, 1.54) is 25.8 Å². The highest BCUT2D eigenvalue weighted by atomic mass is 15.0. The predicted octanol–water partition coefficient (Wildman–Crippen LogP) is 1.15. The Kier molecular flexibility index (Phi) is 0.762. The lowest BCUT2D eigenvalue weighted by Gasteiger charge is -2.19. The molecule has 0 amide bonds. The number of hydrogen-bond donors (Lipinski definition) is 1. The third-order valence-electron chi connectivity index (χ3n) is 2.65. The van der Waals surface area contributed by atoms with Gasteiger partial charge in [0.1, 0.15) is 0 Å². The number of hydrogen-bond acceptors (Lipinski definition) is 1. The van der Waals surface area contributed by atoms with Crippen LogP contribution in [0.25, 0.3) is 0 Å².